The Morgan fingerprint density at radius 2 is 1.96 bits per heavy atom. The monoisotopic (exact) mass is 351 g/mol. The average molecular weight is 352 g/mol. The van der Waals surface area contributed by atoms with Crippen LogP contribution in [0.5, 0.6) is 0 Å². The number of hydrogen-bond acceptors (Lipinski definition) is 1. The average Bonchev–Trinajstić information content (AvgIpc) is 2.61. The van der Waals surface area contributed by atoms with Crippen molar-refractivity contribution in [1.29, 1.82) is 0 Å². The summed E-state index contributed by atoms with van der Waals surface area (Å²) in [5.74, 6) is 0.517. The van der Waals surface area contributed by atoms with Crippen LogP contribution in [0.15, 0.2) is 72.5 Å². The lowest BCUT2D eigenvalue weighted by atomic mass is 9.85. The topological polar surface area (TPSA) is 12.0 Å². The van der Waals surface area contributed by atoms with E-state index >= 15 is 0 Å². The van der Waals surface area contributed by atoms with Crippen LogP contribution < -0.4 is 5.32 Å². The lowest BCUT2D eigenvalue weighted by Crippen LogP contribution is -2.05. The van der Waals surface area contributed by atoms with Gasteiger partial charge < -0.3 is 5.32 Å². The predicted molar refractivity (Wildman–Crippen MR) is 119 cm³/mol. The summed E-state index contributed by atoms with van der Waals surface area (Å²) in [5, 5.41) is 3.47. The van der Waals surface area contributed by atoms with E-state index in [0.29, 0.717) is 5.92 Å². The Morgan fingerprint density at radius 3 is 2.58 bits per heavy atom. The van der Waals surface area contributed by atoms with Crippen LogP contribution in [0.25, 0.3) is 0 Å². The predicted octanol–water partition coefficient (Wildman–Crippen LogP) is 7.98. The molecule has 142 valence electrons. The van der Waals surface area contributed by atoms with Gasteiger partial charge in [-0.2, -0.15) is 0 Å². The Morgan fingerprint density at radius 1 is 1.19 bits per heavy atom. The maximum Gasteiger partial charge on any atom is 0.0384 e. The van der Waals surface area contributed by atoms with Crippen LogP contribution in [0.2, 0.25) is 0 Å². The molecule has 0 saturated carbocycles. The van der Waals surface area contributed by atoms with E-state index < -0.39 is 0 Å². The molecule has 0 spiro atoms. The van der Waals surface area contributed by atoms with Gasteiger partial charge in [0.05, 0.1) is 0 Å². The molecule has 0 amide bonds. The molecule has 0 aromatic heterocycles. The number of hydrogen-bond donors (Lipinski definition) is 1. The van der Waals surface area contributed by atoms with Crippen molar-refractivity contribution in [2.24, 2.45) is 5.92 Å². The van der Waals surface area contributed by atoms with Gasteiger partial charge in [0.15, 0.2) is 0 Å². The molecule has 1 aromatic rings. The van der Waals surface area contributed by atoms with Crippen molar-refractivity contribution in [2.45, 2.75) is 66.2 Å². The molecule has 1 unspecified atom stereocenters. The maximum atomic E-state index is 4.43. The van der Waals surface area contributed by atoms with E-state index in [2.05, 4.69) is 82.6 Å². The van der Waals surface area contributed by atoms with Gasteiger partial charge >= 0.3 is 0 Å². The molecular formula is C25H37N. The number of unbranched alkanes of at least 4 members (excludes halogenated alkanes) is 2. The zero-order valence-corrected chi connectivity index (χ0v) is 17.3. The first kappa shape index (κ1) is 22.0. The highest BCUT2D eigenvalue weighted by Gasteiger charge is 2.13. The van der Waals surface area contributed by atoms with Crippen LogP contribution in [-0.2, 0) is 0 Å². The maximum absolute atomic E-state index is 4.43. The van der Waals surface area contributed by atoms with Crippen LogP contribution in [0.3, 0.4) is 0 Å². The number of rotatable bonds is 12. The summed E-state index contributed by atoms with van der Waals surface area (Å²) in [6.45, 7) is 17.1. The molecule has 0 radical (unpaired) electrons. The van der Waals surface area contributed by atoms with E-state index in [1.807, 2.05) is 6.08 Å². The summed E-state index contributed by atoms with van der Waals surface area (Å²) >= 11 is 0. The van der Waals surface area contributed by atoms with Crippen molar-refractivity contribution < 1.29 is 0 Å². The van der Waals surface area contributed by atoms with Gasteiger partial charge in [-0.3, -0.25) is 0 Å². The number of anilines is 1. The molecule has 1 rings (SSSR count). The van der Waals surface area contributed by atoms with Gasteiger partial charge in [0.2, 0.25) is 0 Å². The highest BCUT2D eigenvalue weighted by atomic mass is 14.9. The summed E-state index contributed by atoms with van der Waals surface area (Å²) in [7, 11) is 0. The van der Waals surface area contributed by atoms with E-state index in [-0.39, 0.29) is 0 Å². The van der Waals surface area contributed by atoms with Crippen molar-refractivity contribution in [1.82, 2.24) is 0 Å². The second-order valence-electron chi connectivity index (χ2n) is 7.13. The smallest absolute Gasteiger partial charge is 0.0384 e. The van der Waals surface area contributed by atoms with Gasteiger partial charge in [0, 0.05) is 11.4 Å². The Labute approximate surface area is 161 Å². The lowest BCUT2D eigenvalue weighted by molar-refractivity contribution is 0.525. The van der Waals surface area contributed by atoms with E-state index in [4.69, 9.17) is 0 Å². The molecule has 1 aromatic carbocycles. The molecule has 1 nitrogen and oxygen atoms in total. The fraction of sp³-hybridized carbons (Fsp3) is 0.440. The van der Waals surface area contributed by atoms with Crippen LogP contribution >= 0.6 is 0 Å². The van der Waals surface area contributed by atoms with Gasteiger partial charge in [0.25, 0.3) is 0 Å². The molecule has 1 atom stereocenters. The molecule has 0 aliphatic rings. The van der Waals surface area contributed by atoms with Crippen molar-refractivity contribution in [3.63, 3.8) is 0 Å². The molecule has 26 heavy (non-hydrogen) atoms. The number of benzene rings is 1. The molecule has 1 N–H and O–H groups in total. The summed E-state index contributed by atoms with van der Waals surface area (Å²) in [5.41, 5.74) is 6.16. The van der Waals surface area contributed by atoms with E-state index in [9.17, 15) is 0 Å². The van der Waals surface area contributed by atoms with E-state index in [1.54, 1.807) is 0 Å². The second kappa shape index (κ2) is 12.4. The molecule has 0 saturated heterocycles. The van der Waals surface area contributed by atoms with Gasteiger partial charge in [-0.15, -0.1) is 6.58 Å². The van der Waals surface area contributed by atoms with Crippen LogP contribution in [-0.4, -0.2) is 0 Å². The minimum Gasteiger partial charge on any atom is -0.359 e. The van der Waals surface area contributed by atoms with Gasteiger partial charge in [0.1, 0.15) is 0 Å². The molecule has 0 heterocycles. The third-order valence-corrected chi connectivity index (χ3v) is 4.79. The van der Waals surface area contributed by atoms with Crippen molar-refractivity contribution in [3.05, 3.63) is 78.1 Å². The SMILES string of the molecule is C=CCC(CCCCC)C(=C)/C(=C\C=C(/C)Nc1cccc(C)c1)CC. The highest BCUT2D eigenvalue weighted by molar-refractivity contribution is 5.50. The molecule has 0 fully saturated rings. The number of nitrogens with one attached hydrogen (secondary N) is 1. The Hall–Kier alpha value is -2.02. The molecule has 0 aliphatic carbocycles. The van der Waals surface area contributed by atoms with Crippen molar-refractivity contribution in [2.75, 3.05) is 5.32 Å². The summed E-state index contributed by atoms with van der Waals surface area (Å²) in [6, 6.07) is 8.45. The van der Waals surface area contributed by atoms with Crippen LogP contribution in [0, 0.1) is 12.8 Å². The van der Waals surface area contributed by atoms with E-state index in [1.165, 1.54) is 42.4 Å². The first-order valence-electron chi connectivity index (χ1n) is 10.0. The largest absolute Gasteiger partial charge is 0.359 e. The molecule has 0 aliphatic heterocycles. The summed E-state index contributed by atoms with van der Waals surface area (Å²) < 4.78 is 0. The van der Waals surface area contributed by atoms with Crippen molar-refractivity contribution >= 4 is 5.69 Å². The lowest BCUT2D eigenvalue weighted by Gasteiger charge is -2.20. The normalized spacial score (nSPS) is 13.4. The fourth-order valence-corrected chi connectivity index (χ4v) is 3.21. The number of allylic oxidation sites excluding steroid dienone is 6. The third kappa shape index (κ3) is 7.91. The standard InChI is InChI=1S/C25H37N/c1-7-10-11-15-24(13-8-2)22(6)23(9-3)18-17-21(5)26-25-16-12-14-20(4)19-25/h8,12,14,16-19,24,26H,2,6-7,9-11,13,15H2,1,3-5H3/b21-17+,23-18-. The van der Waals surface area contributed by atoms with Crippen LogP contribution in [0.1, 0.15) is 64.9 Å². The van der Waals surface area contributed by atoms with Crippen LogP contribution in [0.4, 0.5) is 5.69 Å². The quantitative estimate of drug-likeness (QED) is 0.229. The molecule has 0 bridgehead atoms. The molecular weight excluding hydrogens is 314 g/mol. The van der Waals surface area contributed by atoms with Gasteiger partial charge in [-0.25, -0.2) is 0 Å². The third-order valence-electron chi connectivity index (χ3n) is 4.79. The van der Waals surface area contributed by atoms with E-state index in [0.717, 1.165) is 24.2 Å². The zero-order chi connectivity index (χ0) is 19.4. The fourth-order valence-electron chi connectivity index (χ4n) is 3.21. The molecule has 1 heteroatoms. The summed E-state index contributed by atoms with van der Waals surface area (Å²) in [6.07, 6.45) is 13.5. The summed E-state index contributed by atoms with van der Waals surface area (Å²) in [4.78, 5) is 0. The Kier molecular flexibility index (Phi) is 10.5. The van der Waals surface area contributed by atoms with Gasteiger partial charge in [-0.1, -0.05) is 64.0 Å². The minimum atomic E-state index is 0.517. The minimum absolute atomic E-state index is 0.517. The second-order valence-corrected chi connectivity index (χ2v) is 7.13. The van der Waals surface area contributed by atoms with Crippen molar-refractivity contribution in [3.8, 4) is 0 Å². The highest BCUT2D eigenvalue weighted by Crippen LogP contribution is 2.29. The Bertz CT molecular complexity index is 633. The number of aryl methyl sites for hydroxylation is 1. The van der Waals surface area contributed by atoms with Gasteiger partial charge in [-0.05, 0) is 73.9 Å². The first-order chi connectivity index (χ1) is 12.5. The Balaban J connectivity index is 2.82. The zero-order valence-electron chi connectivity index (χ0n) is 17.3. The first-order valence-corrected chi connectivity index (χ1v) is 10.0.